The summed E-state index contributed by atoms with van der Waals surface area (Å²) >= 11 is 0. The van der Waals surface area contributed by atoms with Gasteiger partial charge in [0.2, 0.25) is 0 Å². The molecular formula is C22H28F3N3. The van der Waals surface area contributed by atoms with Crippen LogP contribution in [-0.4, -0.2) is 61.0 Å². The topological polar surface area (TPSA) is 9.72 Å². The van der Waals surface area contributed by atoms with Crippen LogP contribution in [0.2, 0.25) is 0 Å². The van der Waals surface area contributed by atoms with E-state index >= 15 is 0 Å². The zero-order chi connectivity index (χ0) is 20.0. The van der Waals surface area contributed by atoms with Gasteiger partial charge in [0.1, 0.15) is 0 Å². The third-order valence-electron chi connectivity index (χ3n) is 5.22. The van der Waals surface area contributed by atoms with E-state index in [1.165, 1.54) is 17.7 Å². The molecule has 152 valence electrons. The molecule has 2 aromatic carbocycles. The average molecular weight is 391 g/mol. The Labute approximate surface area is 165 Å². The van der Waals surface area contributed by atoms with Gasteiger partial charge >= 0.3 is 6.18 Å². The van der Waals surface area contributed by atoms with E-state index in [0.29, 0.717) is 12.1 Å². The summed E-state index contributed by atoms with van der Waals surface area (Å²) in [5.74, 6) is 0. The van der Waals surface area contributed by atoms with Gasteiger partial charge in [0.25, 0.3) is 0 Å². The molecule has 0 bridgehead atoms. The highest BCUT2D eigenvalue weighted by Gasteiger charge is 2.30. The molecule has 1 heterocycles. The fourth-order valence-corrected chi connectivity index (χ4v) is 3.56. The van der Waals surface area contributed by atoms with Crippen molar-refractivity contribution in [2.45, 2.75) is 19.3 Å². The Balaban J connectivity index is 1.39. The summed E-state index contributed by atoms with van der Waals surface area (Å²) in [6, 6.07) is 16.1. The second kappa shape index (κ2) is 9.54. The average Bonchev–Trinajstić information content (AvgIpc) is 2.68. The minimum Gasteiger partial charge on any atom is -0.301 e. The van der Waals surface area contributed by atoms with Crippen LogP contribution in [0.25, 0.3) is 0 Å². The molecule has 0 N–H and O–H groups in total. The number of hydrogen-bond donors (Lipinski definition) is 0. The molecule has 0 saturated carbocycles. The number of alkyl halides is 3. The number of benzene rings is 2. The standard InChI is InChI=1S/C22H28F3N3/c1-26(17-20-8-5-9-21(16-20)22(23,24)25)10-11-27-12-14-28(15-13-27)18-19-6-3-2-4-7-19/h2-9,16H,10-15,17-18H2,1H3. The second-order valence-electron chi connectivity index (χ2n) is 7.54. The highest BCUT2D eigenvalue weighted by atomic mass is 19.4. The third kappa shape index (κ3) is 6.33. The Morgan fingerprint density at radius 3 is 2.18 bits per heavy atom. The number of halogens is 3. The number of nitrogens with zero attached hydrogens (tertiary/aromatic N) is 3. The van der Waals surface area contributed by atoms with Gasteiger partial charge in [-0.1, -0.05) is 48.5 Å². The van der Waals surface area contributed by atoms with Crippen molar-refractivity contribution in [3.8, 4) is 0 Å². The molecule has 1 saturated heterocycles. The molecule has 0 amide bonds. The molecule has 0 aromatic heterocycles. The first-order valence-corrected chi connectivity index (χ1v) is 9.73. The second-order valence-corrected chi connectivity index (χ2v) is 7.54. The van der Waals surface area contributed by atoms with Crippen molar-refractivity contribution in [1.82, 2.24) is 14.7 Å². The normalized spacial score (nSPS) is 16.6. The number of likely N-dealkylation sites (N-methyl/N-ethyl adjacent to an activating group) is 1. The Morgan fingerprint density at radius 2 is 1.50 bits per heavy atom. The van der Waals surface area contributed by atoms with Gasteiger partial charge in [-0.05, 0) is 24.2 Å². The van der Waals surface area contributed by atoms with Crippen molar-refractivity contribution in [1.29, 1.82) is 0 Å². The predicted octanol–water partition coefficient (Wildman–Crippen LogP) is 3.96. The van der Waals surface area contributed by atoms with E-state index in [2.05, 4.69) is 39.0 Å². The van der Waals surface area contributed by atoms with Crippen LogP contribution in [0.4, 0.5) is 13.2 Å². The lowest BCUT2D eigenvalue weighted by Gasteiger charge is -2.35. The van der Waals surface area contributed by atoms with Gasteiger partial charge in [-0.25, -0.2) is 0 Å². The van der Waals surface area contributed by atoms with Crippen molar-refractivity contribution in [3.63, 3.8) is 0 Å². The molecule has 0 atom stereocenters. The zero-order valence-electron chi connectivity index (χ0n) is 16.3. The number of hydrogen-bond acceptors (Lipinski definition) is 3. The predicted molar refractivity (Wildman–Crippen MR) is 106 cm³/mol. The van der Waals surface area contributed by atoms with E-state index < -0.39 is 11.7 Å². The van der Waals surface area contributed by atoms with Crippen LogP contribution in [0.15, 0.2) is 54.6 Å². The first-order valence-electron chi connectivity index (χ1n) is 9.73. The molecule has 2 aromatic rings. The largest absolute Gasteiger partial charge is 0.416 e. The van der Waals surface area contributed by atoms with Gasteiger partial charge in [-0.15, -0.1) is 0 Å². The summed E-state index contributed by atoms with van der Waals surface area (Å²) in [5.41, 5.74) is 1.47. The maximum atomic E-state index is 12.8. The van der Waals surface area contributed by atoms with E-state index in [4.69, 9.17) is 0 Å². The Kier molecular flexibility index (Phi) is 7.10. The molecule has 0 unspecified atom stereocenters. The van der Waals surface area contributed by atoms with Crippen molar-refractivity contribution in [3.05, 3.63) is 71.3 Å². The summed E-state index contributed by atoms with van der Waals surface area (Å²) in [4.78, 5) is 6.99. The van der Waals surface area contributed by atoms with Gasteiger partial charge in [0.05, 0.1) is 5.56 Å². The van der Waals surface area contributed by atoms with E-state index in [1.54, 1.807) is 6.07 Å². The monoisotopic (exact) mass is 391 g/mol. The van der Waals surface area contributed by atoms with Crippen LogP contribution in [-0.2, 0) is 19.3 Å². The lowest BCUT2D eigenvalue weighted by Crippen LogP contribution is -2.47. The van der Waals surface area contributed by atoms with E-state index in [9.17, 15) is 13.2 Å². The summed E-state index contributed by atoms with van der Waals surface area (Å²) in [7, 11) is 1.96. The summed E-state index contributed by atoms with van der Waals surface area (Å²) in [6.07, 6.45) is -4.28. The molecule has 1 aliphatic rings. The summed E-state index contributed by atoms with van der Waals surface area (Å²) < 4.78 is 38.5. The maximum absolute atomic E-state index is 12.8. The zero-order valence-corrected chi connectivity index (χ0v) is 16.3. The van der Waals surface area contributed by atoms with Crippen LogP contribution in [0.5, 0.6) is 0 Å². The highest BCUT2D eigenvalue weighted by molar-refractivity contribution is 5.25. The van der Waals surface area contributed by atoms with Crippen LogP contribution < -0.4 is 0 Å². The molecule has 28 heavy (non-hydrogen) atoms. The minimum atomic E-state index is -4.28. The highest BCUT2D eigenvalue weighted by Crippen LogP contribution is 2.29. The minimum absolute atomic E-state index is 0.526. The van der Waals surface area contributed by atoms with Crippen molar-refractivity contribution < 1.29 is 13.2 Å². The van der Waals surface area contributed by atoms with E-state index in [1.807, 2.05) is 13.1 Å². The van der Waals surface area contributed by atoms with Gasteiger partial charge in [0.15, 0.2) is 0 Å². The van der Waals surface area contributed by atoms with Crippen LogP contribution in [0.3, 0.4) is 0 Å². The van der Waals surface area contributed by atoms with Crippen LogP contribution in [0.1, 0.15) is 16.7 Å². The van der Waals surface area contributed by atoms with Crippen molar-refractivity contribution in [2.75, 3.05) is 46.3 Å². The van der Waals surface area contributed by atoms with Crippen LogP contribution in [0, 0.1) is 0 Å². The quantitative estimate of drug-likeness (QED) is 0.708. The number of rotatable bonds is 7. The van der Waals surface area contributed by atoms with Gasteiger partial charge in [-0.3, -0.25) is 9.80 Å². The van der Waals surface area contributed by atoms with E-state index in [0.717, 1.165) is 51.9 Å². The molecule has 1 aliphatic heterocycles. The van der Waals surface area contributed by atoms with Gasteiger partial charge < -0.3 is 4.90 Å². The fourth-order valence-electron chi connectivity index (χ4n) is 3.56. The summed E-state index contributed by atoms with van der Waals surface area (Å²) in [6.45, 7) is 7.46. The lowest BCUT2D eigenvalue weighted by molar-refractivity contribution is -0.137. The molecule has 3 rings (SSSR count). The van der Waals surface area contributed by atoms with Crippen molar-refractivity contribution >= 4 is 0 Å². The SMILES string of the molecule is CN(CCN1CCN(Cc2ccccc2)CC1)Cc1cccc(C(F)(F)F)c1. The molecule has 0 aliphatic carbocycles. The van der Waals surface area contributed by atoms with Crippen LogP contribution >= 0.6 is 0 Å². The molecule has 0 radical (unpaired) electrons. The fraction of sp³-hybridized carbons (Fsp3) is 0.455. The first-order chi connectivity index (χ1) is 13.4. The van der Waals surface area contributed by atoms with E-state index in [-0.39, 0.29) is 0 Å². The lowest BCUT2D eigenvalue weighted by atomic mass is 10.1. The Bertz CT molecular complexity index is 725. The maximum Gasteiger partial charge on any atom is 0.416 e. The van der Waals surface area contributed by atoms with Crippen molar-refractivity contribution in [2.24, 2.45) is 0 Å². The number of piperazine rings is 1. The molecule has 3 nitrogen and oxygen atoms in total. The molecule has 1 fully saturated rings. The smallest absolute Gasteiger partial charge is 0.301 e. The molecule has 6 heteroatoms. The molecular weight excluding hydrogens is 363 g/mol. The molecule has 0 spiro atoms. The third-order valence-corrected chi connectivity index (χ3v) is 5.22. The Hall–Kier alpha value is -1.89. The first kappa shape index (κ1) is 20.8. The Morgan fingerprint density at radius 1 is 0.857 bits per heavy atom. The van der Waals surface area contributed by atoms with Gasteiger partial charge in [0, 0.05) is 52.4 Å². The summed E-state index contributed by atoms with van der Waals surface area (Å²) in [5, 5.41) is 0. The van der Waals surface area contributed by atoms with Gasteiger partial charge in [-0.2, -0.15) is 13.2 Å².